The number of nitrogens with zero attached hydrogens (tertiary/aromatic N) is 2. The number of sulfonamides is 1. The molecule has 0 aromatic carbocycles. The Morgan fingerprint density at radius 1 is 1.09 bits per heavy atom. The average molecular weight is 481 g/mol. The maximum Gasteiger partial charge on any atom is 0.273 e. The highest BCUT2D eigenvalue weighted by atomic mass is 32.2. The molecule has 2 saturated carbocycles. The summed E-state index contributed by atoms with van der Waals surface area (Å²) >= 11 is 0. The number of nitrogens with one attached hydrogen (secondary N) is 2. The first-order valence-corrected chi connectivity index (χ1v) is 14.0. The van der Waals surface area contributed by atoms with Gasteiger partial charge in [0, 0.05) is 49.8 Å². The minimum Gasteiger partial charge on any atom is -0.383 e. The molecule has 4 fully saturated rings. The zero-order valence-electron chi connectivity index (χ0n) is 19.4. The van der Waals surface area contributed by atoms with Gasteiger partial charge in [0.2, 0.25) is 10.0 Å². The van der Waals surface area contributed by atoms with E-state index in [1.165, 1.54) is 0 Å². The van der Waals surface area contributed by atoms with Crippen molar-refractivity contribution >= 4 is 15.9 Å². The van der Waals surface area contributed by atoms with Gasteiger partial charge in [0.15, 0.2) is 5.69 Å². The third kappa shape index (κ3) is 4.99. The lowest BCUT2D eigenvalue weighted by Gasteiger charge is -2.41. The van der Waals surface area contributed by atoms with E-state index in [4.69, 9.17) is 9.26 Å². The summed E-state index contributed by atoms with van der Waals surface area (Å²) in [5.41, 5.74) is 0.329. The van der Waals surface area contributed by atoms with Crippen LogP contribution in [0.15, 0.2) is 10.6 Å². The van der Waals surface area contributed by atoms with Gasteiger partial charge in [0.05, 0.1) is 11.9 Å². The van der Waals surface area contributed by atoms with Crippen LogP contribution in [-0.4, -0.2) is 73.5 Å². The van der Waals surface area contributed by atoms with Crippen LogP contribution in [0.25, 0.3) is 0 Å². The van der Waals surface area contributed by atoms with E-state index in [2.05, 4.69) is 15.8 Å². The van der Waals surface area contributed by atoms with Gasteiger partial charge in [-0.1, -0.05) is 5.16 Å². The van der Waals surface area contributed by atoms with Gasteiger partial charge in [-0.3, -0.25) is 4.79 Å². The fraction of sp³-hybridized carbons (Fsp3) is 0.826. The summed E-state index contributed by atoms with van der Waals surface area (Å²) in [4.78, 5) is 12.7. The molecule has 2 saturated heterocycles. The normalized spacial score (nSPS) is 32.7. The molecule has 1 amide bonds. The molecule has 5 rings (SSSR count). The number of rotatable bonds is 9. The lowest BCUT2D eigenvalue weighted by molar-refractivity contribution is 0.0899. The predicted octanol–water partition coefficient (Wildman–Crippen LogP) is 2.15. The van der Waals surface area contributed by atoms with Crippen molar-refractivity contribution in [1.82, 2.24) is 20.1 Å². The van der Waals surface area contributed by atoms with E-state index in [0.29, 0.717) is 49.9 Å². The topological polar surface area (TPSA) is 114 Å². The van der Waals surface area contributed by atoms with Gasteiger partial charge in [-0.25, -0.2) is 8.42 Å². The Balaban J connectivity index is 1.16. The van der Waals surface area contributed by atoms with Crippen LogP contribution >= 0.6 is 0 Å². The van der Waals surface area contributed by atoms with Crippen LogP contribution in [-0.2, 0) is 14.8 Å². The van der Waals surface area contributed by atoms with E-state index in [9.17, 15) is 13.2 Å². The Kier molecular flexibility index (Phi) is 6.79. The molecule has 0 radical (unpaired) electrons. The number of ether oxygens (including phenoxy) is 1. The van der Waals surface area contributed by atoms with Gasteiger partial charge in [-0.2, -0.15) is 4.31 Å². The zero-order chi connectivity index (χ0) is 23.0. The van der Waals surface area contributed by atoms with Gasteiger partial charge >= 0.3 is 0 Å². The molecule has 184 valence electrons. The maximum absolute atomic E-state index is 13.6. The first kappa shape index (κ1) is 23.3. The molecule has 3 heterocycles. The van der Waals surface area contributed by atoms with Crippen LogP contribution in [0.1, 0.15) is 86.4 Å². The van der Waals surface area contributed by atoms with E-state index in [-0.39, 0.29) is 29.3 Å². The van der Waals surface area contributed by atoms with Gasteiger partial charge in [-0.15, -0.1) is 0 Å². The van der Waals surface area contributed by atoms with Crippen molar-refractivity contribution in [2.24, 2.45) is 0 Å². The number of fused-ring (bicyclic) bond motifs is 2. The van der Waals surface area contributed by atoms with Crippen LogP contribution in [0, 0.1) is 0 Å². The lowest BCUT2D eigenvalue weighted by atomic mass is 9.95. The second-order valence-corrected chi connectivity index (χ2v) is 12.3. The summed E-state index contributed by atoms with van der Waals surface area (Å²) in [6.45, 7) is 1.48. The molecule has 1 unspecified atom stereocenters. The Bertz CT molecular complexity index is 924. The summed E-state index contributed by atoms with van der Waals surface area (Å²) < 4.78 is 39.4. The molecule has 2 aliphatic carbocycles. The molecule has 4 aliphatic rings. The van der Waals surface area contributed by atoms with E-state index >= 15 is 0 Å². The summed E-state index contributed by atoms with van der Waals surface area (Å²) in [6.07, 6.45) is 8.46. The fourth-order valence-corrected chi connectivity index (χ4v) is 8.41. The molecule has 1 aromatic heterocycles. The van der Waals surface area contributed by atoms with E-state index in [1.807, 2.05) is 4.31 Å². The first-order valence-electron chi connectivity index (χ1n) is 12.5. The summed E-state index contributed by atoms with van der Waals surface area (Å²) in [6, 6.07) is 2.07. The Morgan fingerprint density at radius 2 is 1.79 bits per heavy atom. The van der Waals surface area contributed by atoms with Crippen molar-refractivity contribution in [1.29, 1.82) is 0 Å². The van der Waals surface area contributed by atoms with Crippen LogP contribution in [0.4, 0.5) is 0 Å². The highest BCUT2D eigenvalue weighted by molar-refractivity contribution is 7.89. The Morgan fingerprint density at radius 3 is 2.42 bits per heavy atom. The molecule has 2 N–H and O–H groups in total. The van der Waals surface area contributed by atoms with E-state index in [0.717, 1.165) is 50.8 Å². The minimum absolute atomic E-state index is 0.0177. The van der Waals surface area contributed by atoms with Gasteiger partial charge in [0.25, 0.3) is 5.91 Å². The summed E-state index contributed by atoms with van der Waals surface area (Å²) in [5, 5.41) is 10.2. The Labute approximate surface area is 196 Å². The molecule has 33 heavy (non-hydrogen) atoms. The molecule has 1 aromatic rings. The standard InChI is InChI=1S/C23H36N4O5S/c1-31-11-10-24-16-4-8-20(9-5-16)33(29,30)27-18-6-7-19(27)13-17(12-18)25-23(28)21-14-22(32-26-21)15-2-3-15/h14-20,24H,2-13H2,1H3,(H,25,28)/t16?,17?,18-,19+,20?. The summed E-state index contributed by atoms with van der Waals surface area (Å²) in [5.74, 6) is 0.995. The van der Waals surface area contributed by atoms with Crippen molar-refractivity contribution in [3.8, 4) is 0 Å². The van der Waals surface area contributed by atoms with Gasteiger partial charge in [0.1, 0.15) is 5.76 Å². The number of carbonyl (C=O) groups is 1. The molecule has 9 nitrogen and oxygen atoms in total. The molecular formula is C23H36N4O5S. The number of methoxy groups -OCH3 is 1. The molecule has 2 aliphatic heterocycles. The highest BCUT2D eigenvalue weighted by Gasteiger charge is 2.49. The molecule has 2 bridgehead atoms. The van der Waals surface area contributed by atoms with Crippen molar-refractivity contribution in [2.75, 3.05) is 20.3 Å². The first-order chi connectivity index (χ1) is 16.0. The molecule has 10 heteroatoms. The summed E-state index contributed by atoms with van der Waals surface area (Å²) in [7, 11) is -1.64. The third-order valence-electron chi connectivity index (χ3n) is 7.87. The second kappa shape index (κ2) is 9.64. The van der Waals surface area contributed by atoms with Crippen LogP contribution in [0.2, 0.25) is 0 Å². The largest absolute Gasteiger partial charge is 0.383 e. The smallest absolute Gasteiger partial charge is 0.273 e. The number of piperidine rings is 1. The van der Waals surface area contributed by atoms with Crippen molar-refractivity contribution < 1.29 is 22.5 Å². The SMILES string of the molecule is COCCNC1CCC(S(=O)(=O)N2[C@@H]3CC[C@H]2CC(NC(=O)c2cc(C4CC4)on2)C3)CC1. The monoisotopic (exact) mass is 480 g/mol. The fourth-order valence-electron chi connectivity index (χ4n) is 5.99. The van der Waals surface area contributed by atoms with E-state index < -0.39 is 10.0 Å². The predicted molar refractivity (Wildman–Crippen MR) is 122 cm³/mol. The number of carbonyl (C=O) groups excluding carboxylic acids is 1. The maximum atomic E-state index is 13.6. The molecular weight excluding hydrogens is 444 g/mol. The minimum atomic E-state index is -3.33. The van der Waals surface area contributed by atoms with Crippen LogP contribution in [0.5, 0.6) is 0 Å². The molecule has 3 atom stereocenters. The van der Waals surface area contributed by atoms with Crippen LogP contribution in [0.3, 0.4) is 0 Å². The number of aromatic nitrogens is 1. The van der Waals surface area contributed by atoms with Crippen molar-refractivity contribution in [3.63, 3.8) is 0 Å². The second-order valence-electron chi connectivity index (χ2n) is 10.2. The highest BCUT2D eigenvalue weighted by Crippen LogP contribution is 2.42. The van der Waals surface area contributed by atoms with Gasteiger partial charge in [-0.05, 0) is 64.2 Å². The Hall–Kier alpha value is -1.49. The van der Waals surface area contributed by atoms with Gasteiger partial charge < -0.3 is 19.9 Å². The third-order valence-corrected chi connectivity index (χ3v) is 10.4. The zero-order valence-corrected chi connectivity index (χ0v) is 20.2. The van der Waals surface area contributed by atoms with Crippen LogP contribution < -0.4 is 10.6 Å². The number of hydrogen-bond acceptors (Lipinski definition) is 7. The van der Waals surface area contributed by atoms with Crippen molar-refractivity contribution in [2.45, 2.75) is 99.5 Å². The van der Waals surface area contributed by atoms with E-state index in [1.54, 1.807) is 13.2 Å². The number of hydrogen-bond donors (Lipinski definition) is 2. The molecule has 0 spiro atoms. The number of amides is 1. The van der Waals surface area contributed by atoms with Crippen molar-refractivity contribution in [3.05, 3.63) is 17.5 Å². The quantitative estimate of drug-likeness (QED) is 0.521. The lowest BCUT2D eigenvalue weighted by Crippen LogP contribution is -2.55. The average Bonchev–Trinajstić information content (AvgIpc) is 3.46.